The maximum atomic E-state index is 12.0. The molecule has 104 valence electrons. The van der Waals surface area contributed by atoms with E-state index in [-0.39, 0.29) is 12.1 Å². The number of cyclic esters (lactones) is 1. The van der Waals surface area contributed by atoms with Crippen LogP contribution in [0.25, 0.3) is 0 Å². The molecule has 2 aliphatic heterocycles. The smallest absolute Gasteiger partial charge is 0.312 e. The molecule has 2 fully saturated rings. The van der Waals surface area contributed by atoms with Crippen molar-refractivity contribution in [2.45, 2.75) is 45.1 Å². The third kappa shape index (κ3) is 2.54. The van der Waals surface area contributed by atoms with E-state index in [9.17, 15) is 13.2 Å². The molecule has 2 aliphatic rings. The molecule has 1 atom stereocenters. The summed E-state index contributed by atoms with van der Waals surface area (Å²) in [5.74, 6) is -0.117. The lowest BCUT2D eigenvalue weighted by atomic mass is 9.76. The van der Waals surface area contributed by atoms with Crippen LogP contribution in [0.4, 0.5) is 0 Å². The van der Waals surface area contributed by atoms with Crippen molar-refractivity contribution in [3.8, 4) is 0 Å². The molecule has 2 heterocycles. The Morgan fingerprint density at radius 2 is 2.00 bits per heavy atom. The Kier molecular flexibility index (Phi) is 3.69. The lowest BCUT2D eigenvalue weighted by Gasteiger charge is -2.35. The third-order valence-corrected chi connectivity index (χ3v) is 5.39. The van der Waals surface area contributed by atoms with Gasteiger partial charge >= 0.3 is 5.97 Å². The third-order valence-electron chi connectivity index (χ3n) is 4.08. The summed E-state index contributed by atoms with van der Waals surface area (Å²) in [6, 6.07) is 0. The van der Waals surface area contributed by atoms with Gasteiger partial charge in [0.25, 0.3) is 0 Å². The first-order valence-electron chi connectivity index (χ1n) is 6.53. The van der Waals surface area contributed by atoms with Crippen LogP contribution < -0.4 is 0 Å². The first-order valence-corrected chi connectivity index (χ1v) is 8.38. The molecular weight excluding hydrogens is 254 g/mol. The van der Waals surface area contributed by atoms with Crippen molar-refractivity contribution in [3.63, 3.8) is 0 Å². The highest BCUT2D eigenvalue weighted by Gasteiger charge is 2.50. The minimum absolute atomic E-state index is 0.0345. The number of hydrogen-bond acceptors (Lipinski definition) is 4. The summed E-state index contributed by atoms with van der Waals surface area (Å²) in [5.41, 5.74) is -0.416. The van der Waals surface area contributed by atoms with Gasteiger partial charge in [-0.1, -0.05) is 13.3 Å². The summed E-state index contributed by atoms with van der Waals surface area (Å²) < 4.78 is 29.8. The highest BCUT2D eigenvalue weighted by atomic mass is 32.2. The van der Waals surface area contributed by atoms with Crippen molar-refractivity contribution < 1.29 is 17.9 Å². The van der Waals surface area contributed by atoms with Gasteiger partial charge in [0.15, 0.2) is 0 Å². The van der Waals surface area contributed by atoms with E-state index >= 15 is 0 Å². The van der Waals surface area contributed by atoms with Crippen molar-refractivity contribution in [3.05, 3.63) is 0 Å². The van der Waals surface area contributed by atoms with Crippen molar-refractivity contribution in [1.82, 2.24) is 4.31 Å². The standard InChI is InChI=1S/C12H21NO4S/c1-3-4-10-9-12(11(14)17-10)5-7-13(8-6-12)18(2,15)16/h10H,3-9H2,1-2H3. The summed E-state index contributed by atoms with van der Waals surface area (Å²) in [5, 5.41) is 0. The maximum Gasteiger partial charge on any atom is 0.312 e. The fraction of sp³-hybridized carbons (Fsp3) is 0.917. The average Bonchev–Trinajstić information content (AvgIpc) is 2.55. The highest BCUT2D eigenvalue weighted by molar-refractivity contribution is 7.88. The maximum absolute atomic E-state index is 12.0. The van der Waals surface area contributed by atoms with E-state index in [1.165, 1.54) is 10.6 Å². The number of carbonyl (C=O) groups excluding carboxylic acids is 1. The zero-order valence-corrected chi connectivity index (χ0v) is 11.8. The molecule has 0 aromatic heterocycles. The number of nitrogens with zero attached hydrogens (tertiary/aromatic N) is 1. The molecule has 2 rings (SSSR count). The topological polar surface area (TPSA) is 63.7 Å². The van der Waals surface area contributed by atoms with E-state index in [4.69, 9.17) is 4.74 Å². The van der Waals surface area contributed by atoms with Crippen LogP contribution in [-0.4, -0.2) is 44.1 Å². The molecule has 0 aromatic rings. The van der Waals surface area contributed by atoms with Crippen molar-refractivity contribution in [2.24, 2.45) is 5.41 Å². The molecule has 2 saturated heterocycles. The fourth-order valence-corrected chi connectivity index (χ4v) is 3.82. The van der Waals surface area contributed by atoms with Crippen LogP contribution in [0.15, 0.2) is 0 Å². The van der Waals surface area contributed by atoms with Gasteiger partial charge in [-0.25, -0.2) is 12.7 Å². The number of rotatable bonds is 3. The van der Waals surface area contributed by atoms with Crippen LogP contribution >= 0.6 is 0 Å². The van der Waals surface area contributed by atoms with Gasteiger partial charge in [0.05, 0.1) is 11.7 Å². The van der Waals surface area contributed by atoms with Gasteiger partial charge in [0, 0.05) is 19.5 Å². The van der Waals surface area contributed by atoms with Crippen LogP contribution in [-0.2, 0) is 19.6 Å². The molecule has 6 heteroatoms. The Morgan fingerprint density at radius 1 is 1.39 bits per heavy atom. The summed E-state index contributed by atoms with van der Waals surface area (Å²) in [6.45, 7) is 2.95. The van der Waals surface area contributed by atoms with Crippen LogP contribution in [0.1, 0.15) is 39.0 Å². The summed E-state index contributed by atoms with van der Waals surface area (Å²) in [7, 11) is -3.13. The predicted molar refractivity (Wildman–Crippen MR) is 67.5 cm³/mol. The molecule has 0 aromatic carbocycles. The van der Waals surface area contributed by atoms with Crippen LogP contribution in [0.2, 0.25) is 0 Å². The SMILES string of the molecule is CCCC1CC2(CCN(S(C)(=O)=O)CC2)C(=O)O1. The molecule has 5 nitrogen and oxygen atoms in total. The van der Waals surface area contributed by atoms with Gasteiger partial charge in [0.1, 0.15) is 6.10 Å². The van der Waals surface area contributed by atoms with E-state index in [1.54, 1.807) is 0 Å². The van der Waals surface area contributed by atoms with E-state index in [2.05, 4.69) is 6.92 Å². The minimum atomic E-state index is -3.13. The van der Waals surface area contributed by atoms with Crippen molar-refractivity contribution >= 4 is 16.0 Å². The van der Waals surface area contributed by atoms with E-state index in [1.807, 2.05) is 0 Å². The molecule has 0 bridgehead atoms. The van der Waals surface area contributed by atoms with Gasteiger partial charge in [0.2, 0.25) is 10.0 Å². The molecule has 0 aliphatic carbocycles. The lowest BCUT2D eigenvalue weighted by Crippen LogP contribution is -2.44. The Labute approximate surface area is 109 Å². The van der Waals surface area contributed by atoms with Crippen LogP contribution in [0, 0.1) is 5.41 Å². The second-order valence-electron chi connectivity index (χ2n) is 5.46. The van der Waals surface area contributed by atoms with Crippen LogP contribution in [0.3, 0.4) is 0 Å². The molecule has 0 amide bonds. The van der Waals surface area contributed by atoms with Crippen molar-refractivity contribution in [1.29, 1.82) is 0 Å². The molecule has 1 spiro atoms. The second-order valence-corrected chi connectivity index (χ2v) is 7.44. The van der Waals surface area contributed by atoms with E-state index < -0.39 is 15.4 Å². The molecule has 18 heavy (non-hydrogen) atoms. The van der Waals surface area contributed by atoms with Crippen LogP contribution in [0.5, 0.6) is 0 Å². The number of esters is 1. The van der Waals surface area contributed by atoms with Gasteiger partial charge in [-0.3, -0.25) is 4.79 Å². The predicted octanol–water partition coefficient (Wildman–Crippen LogP) is 1.14. The lowest BCUT2D eigenvalue weighted by molar-refractivity contribution is -0.150. The van der Waals surface area contributed by atoms with Crippen molar-refractivity contribution in [2.75, 3.05) is 19.3 Å². The average molecular weight is 275 g/mol. The summed E-state index contributed by atoms with van der Waals surface area (Å²) >= 11 is 0. The van der Waals surface area contributed by atoms with Gasteiger partial charge < -0.3 is 4.74 Å². The molecule has 1 unspecified atom stereocenters. The van der Waals surface area contributed by atoms with E-state index in [0.717, 1.165) is 19.3 Å². The largest absolute Gasteiger partial charge is 0.462 e. The van der Waals surface area contributed by atoms with Gasteiger partial charge in [-0.2, -0.15) is 0 Å². The first-order chi connectivity index (χ1) is 8.37. The zero-order chi connectivity index (χ0) is 13.4. The summed E-state index contributed by atoms with van der Waals surface area (Å²) in [6.07, 6.45) is 5.12. The minimum Gasteiger partial charge on any atom is -0.462 e. The number of sulfonamides is 1. The zero-order valence-electron chi connectivity index (χ0n) is 11.0. The Bertz CT molecular complexity index is 423. The molecular formula is C12H21NO4S. The fourth-order valence-electron chi connectivity index (χ4n) is 2.97. The number of carbonyl (C=O) groups is 1. The number of hydrogen-bond donors (Lipinski definition) is 0. The monoisotopic (exact) mass is 275 g/mol. The summed E-state index contributed by atoms with van der Waals surface area (Å²) in [4.78, 5) is 12.0. The highest BCUT2D eigenvalue weighted by Crippen LogP contribution is 2.44. The Balaban J connectivity index is 2.02. The normalized spacial score (nSPS) is 28.6. The molecule has 0 saturated carbocycles. The number of piperidine rings is 1. The second kappa shape index (κ2) is 4.81. The first kappa shape index (κ1) is 13.8. The van der Waals surface area contributed by atoms with Gasteiger partial charge in [-0.15, -0.1) is 0 Å². The van der Waals surface area contributed by atoms with E-state index in [0.29, 0.717) is 25.9 Å². The quantitative estimate of drug-likeness (QED) is 0.725. The number of ether oxygens (including phenoxy) is 1. The Hall–Kier alpha value is -0.620. The van der Waals surface area contributed by atoms with Gasteiger partial charge in [-0.05, 0) is 19.3 Å². The molecule has 0 radical (unpaired) electrons. The Morgan fingerprint density at radius 3 is 2.50 bits per heavy atom. The molecule has 0 N–H and O–H groups in total.